The molecule has 3 aromatic rings. The summed E-state index contributed by atoms with van der Waals surface area (Å²) in [5.74, 6) is 1.24. The smallest absolute Gasteiger partial charge is 0.340 e. The Hall–Kier alpha value is -3.31. The number of nitrogens with one attached hydrogen (secondary N) is 1. The van der Waals surface area contributed by atoms with E-state index in [-0.39, 0.29) is 29.0 Å². The normalized spacial score (nSPS) is 22.4. The van der Waals surface area contributed by atoms with Crippen LogP contribution in [-0.2, 0) is 20.1 Å². The predicted octanol–water partition coefficient (Wildman–Crippen LogP) is 4.75. The summed E-state index contributed by atoms with van der Waals surface area (Å²) in [5.41, 5.74) is 7.08. The fourth-order valence-electron chi connectivity index (χ4n) is 5.41. The molecule has 1 saturated heterocycles. The minimum atomic E-state index is -3.07. The molecule has 5 rings (SSSR count). The summed E-state index contributed by atoms with van der Waals surface area (Å²) in [6.07, 6.45) is 4.80. The molecule has 2 aliphatic heterocycles. The van der Waals surface area contributed by atoms with Crippen LogP contribution in [-0.4, -0.2) is 52.0 Å². The fourth-order valence-corrected chi connectivity index (χ4v) is 7.40. The van der Waals surface area contributed by atoms with Gasteiger partial charge in [0.1, 0.15) is 17.2 Å². The van der Waals surface area contributed by atoms with E-state index >= 15 is 0 Å². The quantitative estimate of drug-likeness (QED) is 0.383. The van der Waals surface area contributed by atoms with Crippen LogP contribution in [0, 0.1) is 0 Å². The van der Waals surface area contributed by atoms with Gasteiger partial charge in [-0.25, -0.2) is 28.2 Å². The topological polar surface area (TPSA) is 146 Å². The molecule has 214 valence electrons. The number of cyclic esters (lactones) is 1. The molecule has 3 atom stereocenters. The number of sulfone groups is 1. The van der Waals surface area contributed by atoms with E-state index in [0.29, 0.717) is 53.4 Å². The van der Waals surface area contributed by atoms with Gasteiger partial charge in [-0.1, -0.05) is 6.92 Å². The number of pyridine rings is 3. The molecule has 0 aliphatic carbocycles. The van der Waals surface area contributed by atoms with E-state index < -0.39 is 21.0 Å². The highest BCUT2D eigenvalue weighted by Gasteiger charge is 2.40. The number of carbonyl (C=O) groups excluding carboxylic acids is 1. The first-order chi connectivity index (χ1) is 18.7. The number of nitrogens with zero attached hydrogens (tertiary/aromatic N) is 3. The van der Waals surface area contributed by atoms with Crippen molar-refractivity contribution >= 4 is 38.2 Å². The predicted molar refractivity (Wildman–Crippen MR) is 154 cm³/mol. The monoisotopic (exact) mass is 567 g/mol. The zero-order valence-corrected chi connectivity index (χ0v) is 24.6. The summed E-state index contributed by atoms with van der Waals surface area (Å²) in [6, 6.07) is 5.32. The maximum atomic E-state index is 12.5. The summed E-state index contributed by atoms with van der Waals surface area (Å²) < 4.78 is 36.4. The van der Waals surface area contributed by atoms with Crippen LogP contribution in [0.5, 0.6) is 5.88 Å². The molecule has 2 aliphatic rings. The van der Waals surface area contributed by atoms with Crippen molar-refractivity contribution < 1.29 is 22.7 Å². The number of aromatic nitrogens is 3. The van der Waals surface area contributed by atoms with Gasteiger partial charge in [0.2, 0.25) is 5.88 Å². The Morgan fingerprint density at radius 2 is 1.95 bits per heavy atom. The molecule has 0 aromatic carbocycles. The van der Waals surface area contributed by atoms with Crippen LogP contribution in [0.2, 0.25) is 0 Å². The molecule has 3 aromatic heterocycles. The molecule has 0 bridgehead atoms. The van der Waals surface area contributed by atoms with Crippen LogP contribution in [0.3, 0.4) is 0 Å². The van der Waals surface area contributed by atoms with Gasteiger partial charge in [-0.15, -0.1) is 0 Å². The van der Waals surface area contributed by atoms with E-state index in [1.165, 1.54) is 0 Å². The highest BCUT2D eigenvalue weighted by atomic mass is 32.2. The number of rotatable bonds is 7. The van der Waals surface area contributed by atoms with Crippen molar-refractivity contribution in [2.24, 2.45) is 5.73 Å². The SMILES string of the molecule is C[C@H](C[C@@H]1CCCS1(=O)=O)Oc1ncc(C(C)(C)N)c2cc(Nc3ccc4c(n3)[C@@H](C)C(C)(C)OC4=O)ncc12. The lowest BCUT2D eigenvalue weighted by molar-refractivity contribution is -0.0189. The molecular weight excluding hydrogens is 530 g/mol. The minimum Gasteiger partial charge on any atom is -0.474 e. The van der Waals surface area contributed by atoms with Gasteiger partial charge in [0.05, 0.1) is 33.8 Å². The molecule has 0 spiro atoms. The Kier molecular flexibility index (Phi) is 7.02. The number of ether oxygens (including phenoxy) is 2. The van der Waals surface area contributed by atoms with Gasteiger partial charge in [0, 0.05) is 30.3 Å². The van der Waals surface area contributed by atoms with Gasteiger partial charge in [0.15, 0.2) is 9.84 Å². The van der Waals surface area contributed by atoms with Gasteiger partial charge in [-0.2, -0.15) is 0 Å². The Labute approximate surface area is 235 Å². The van der Waals surface area contributed by atoms with Crippen molar-refractivity contribution in [2.75, 3.05) is 11.1 Å². The number of fused-ring (bicyclic) bond motifs is 2. The summed E-state index contributed by atoms with van der Waals surface area (Å²) >= 11 is 0. The maximum absolute atomic E-state index is 12.5. The molecule has 1 fully saturated rings. The molecular formula is C29H37N5O5S. The fraction of sp³-hybridized carbons (Fsp3) is 0.517. The third-order valence-electron chi connectivity index (χ3n) is 8.01. The van der Waals surface area contributed by atoms with Crippen LogP contribution in [0.1, 0.15) is 88.3 Å². The average molecular weight is 568 g/mol. The molecule has 5 heterocycles. The van der Waals surface area contributed by atoms with E-state index in [9.17, 15) is 13.2 Å². The second-order valence-electron chi connectivity index (χ2n) is 12.1. The van der Waals surface area contributed by atoms with Crippen molar-refractivity contribution in [3.05, 3.63) is 47.4 Å². The van der Waals surface area contributed by atoms with Crippen LogP contribution in [0.25, 0.3) is 10.8 Å². The Morgan fingerprint density at radius 3 is 2.62 bits per heavy atom. The van der Waals surface area contributed by atoms with Gasteiger partial charge in [-0.3, -0.25) is 0 Å². The molecule has 11 heteroatoms. The average Bonchev–Trinajstić information content (AvgIpc) is 3.18. The Balaban J connectivity index is 1.46. The summed E-state index contributed by atoms with van der Waals surface area (Å²) in [5, 5.41) is 4.37. The van der Waals surface area contributed by atoms with Crippen molar-refractivity contribution in [1.29, 1.82) is 0 Å². The lowest BCUT2D eigenvalue weighted by Crippen LogP contribution is -2.39. The molecule has 0 saturated carbocycles. The molecule has 40 heavy (non-hydrogen) atoms. The lowest BCUT2D eigenvalue weighted by atomic mass is 9.84. The molecule has 10 nitrogen and oxygen atoms in total. The number of esters is 1. The molecule has 0 amide bonds. The van der Waals surface area contributed by atoms with Crippen LogP contribution < -0.4 is 15.8 Å². The van der Waals surface area contributed by atoms with Crippen molar-refractivity contribution in [3.63, 3.8) is 0 Å². The minimum absolute atomic E-state index is 0.0943. The molecule has 0 radical (unpaired) electrons. The van der Waals surface area contributed by atoms with E-state index in [1.54, 1.807) is 24.5 Å². The Bertz CT molecular complexity index is 1580. The van der Waals surface area contributed by atoms with Crippen molar-refractivity contribution in [3.8, 4) is 5.88 Å². The highest BCUT2D eigenvalue weighted by Crippen LogP contribution is 2.38. The number of hydrogen-bond donors (Lipinski definition) is 2. The van der Waals surface area contributed by atoms with E-state index in [1.807, 2.05) is 47.6 Å². The first-order valence-corrected chi connectivity index (χ1v) is 15.3. The van der Waals surface area contributed by atoms with Gasteiger partial charge < -0.3 is 20.5 Å². The molecule has 3 N–H and O–H groups in total. The number of nitrogens with two attached hydrogens (primary N) is 1. The lowest BCUT2D eigenvalue weighted by Gasteiger charge is -2.36. The van der Waals surface area contributed by atoms with Gasteiger partial charge in [0.25, 0.3) is 0 Å². The van der Waals surface area contributed by atoms with Gasteiger partial charge >= 0.3 is 5.97 Å². The molecule has 0 unspecified atom stereocenters. The first-order valence-electron chi connectivity index (χ1n) is 13.6. The summed E-state index contributed by atoms with van der Waals surface area (Å²) in [6.45, 7) is 11.4. The standard InChI is InChI=1S/C29H37N5O5S/c1-16(12-18-8-7-11-40(18,36)37)38-26-21-14-31-24(13-20(21)22(15-32-26)28(3,4)30)33-23-10-9-19-25(34-23)17(2)29(5,6)39-27(19)35/h9-10,13-18H,7-8,11-12,30H2,1-6H3,(H,31,33,34)/t16-,17-,18+/m1/s1. The summed E-state index contributed by atoms with van der Waals surface area (Å²) in [7, 11) is -3.07. The Morgan fingerprint density at radius 1 is 1.20 bits per heavy atom. The zero-order chi connectivity index (χ0) is 29.0. The summed E-state index contributed by atoms with van der Waals surface area (Å²) in [4.78, 5) is 26.4. The van der Waals surface area contributed by atoms with Crippen molar-refractivity contribution in [1.82, 2.24) is 15.0 Å². The van der Waals surface area contributed by atoms with Crippen LogP contribution in [0.4, 0.5) is 11.6 Å². The van der Waals surface area contributed by atoms with Crippen molar-refractivity contribution in [2.45, 2.75) is 89.2 Å². The number of hydrogen-bond acceptors (Lipinski definition) is 10. The highest BCUT2D eigenvalue weighted by molar-refractivity contribution is 7.92. The first kappa shape index (κ1) is 28.2. The van der Waals surface area contributed by atoms with E-state index in [2.05, 4.69) is 15.3 Å². The number of carbonyl (C=O) groups is 1. The van der Waals surface area contributed by atoms with Crippen LogP contribution in [0.15, 0.2) is 30.6 Å². The van der Waals surface area contributed by atoms with Crippen LogP contribution >= 0.6 is 0 Å². The zero-order valence-electron chi connectivity index (χ0n) is 23.8. The second-order valence-corrected chi connectivity index (χ2v) is 14.5. The third kappa shape index (κ3) is 5.36. The maximum Gasteiger partial charge on any atom is 0.340 e. The van der Waals surface area contributed by atoms with E-state index in [0.717, 1.165) is 10.9 Å². The van der Waals surface area contributed by atoms with E-state index in [4.69, 9.17) is 20.2 Å². The van der Waals surface area contributed by atoms with Gasteiger partial charge in [-0.05, 0) is 76.6 Å². The number of anilines is 2. The second kappa shape index (κ2) is 9.95. The third-order valence-corrected chi connectivity index (χ3v) is 10.3. The largest absolute Gasteiger partial charge is 0.474 e.